The van der Waals surface area contributed by atoms with Crippen molar-refractivity contribution < 1.29 is 20.1 Å². The summed E-state index contributed by atoms with van der Waals surface area (Å²) < 4.78 is 0. The van der Waals surface area contributed by atoms with Crippen molar-refractivity contribution in [3.8, 4) is 0 Å². The topological polar surface area (TPSA) is 116 Å². The Morgan fingerprint density at radius 1 is 1.24 bits per heavy atom. The number of hydrogen-bond acceptors (Lipinski definition) is 5. The SMILES string of the molecule is CC(O)CCC(O)NCCCCC(N)C(=O)O. The van der Waals surface area contributed by atoms with Crippen LogP contribution in [0.25, 0.3) is 0 Å². The summed E-state index contributed by atoms with van der Waals surface area (Å²) in [5.74, 6) is -0.977. The first-order valence-electron chi connectivity index (χ1n) is 6.01. The Labute approximate surface area is 102 Å². The second-order valence-corrected chi connectivity index (χ2v) is 4.34. The molecule has 0 saturated carbocycles. The number of carbonyl (C=O) groups is 1. The summed E-state index contributed by atoms with van der Waals surface area (Å²) in [5.41, 5.74) is 5.34. The summed E-state index contributed by atoms with van der Waals surface area (Å²) in [6, 6.07) is -0.796. The van der Waals surface area contributed by atoms with Crippen molar-refractivity contribution in [2.45, 2.75) is 57.4 Å². The van der Waals surface area contributed by atoms with Crippen molar-refractivity contribution in [2.24, 2.45) is 5.73 Å². The normalized spacial score (nSPS) is 16.5. The zero-order valence-corrected chi connectivity index (χ0v) is 10.3. The molecule has 0 aromatic carbocycles. The molecule has 17 heavy (non-hydrogen) atoms. The zero-order valence-electron chi connectivity index (χ0n) is 10.3. The largest absolute Gasteiger partial charge is 0.480 e. The lowest BCUT2D eigenvalue weighted by Gasteiger charge is -2.13. The molecule has 3 atom stereocenters. The van der Waals surface area contributed by atoms with Gasteiger partial charge in [0.2, 0.25) is 0 Å². The number of aliphatic carboxylic acids is 1. The average molecular weight is 248 g/mol. The predicted octanol–water partition coefficient (Wildman–Crippen LogP) is -0.362. The Hall–Kier alpha value is -0.690. The molecule has 0 aliphatic heterocycles. The maximum absolute atomic E-state index is 10.4. The molecular formula is C11H24N2O4. The van der Waals surface area contributed by atoms with Gasteiger partial charge in [-0.25, -0.2) is 0 Å². The molecule has 0 radical (unpaired) electrons. The van der Waals surface area contributed by atoms with E-state index in [4.69, 9.17) is 15.9 Å². The summed E-state index contributed by atoms with van der Waals surface area (Å²) in [6.45, 7) is 2.30. The minimum Gasteiger partial charge on any atom is -0.480 e. The lowest BCUT2D eigenvalue weighted by molar-refractivity contribution is -0.138. The second-order valence-electron chi connectivity index (χ2n) is 4.34. The van der Waals surface area contributed by atoms with Gasteiger partial charge in [-0.05, 0) is 39.2 Å². The molecule has 0 aliphatic rings. The lowest BCUT2D eigenvalue weighted by Crippen LogP contribution is -2.32. The maximum atomic E-state index is 10.4. The third kappa shape index (κ3) is 10.2. The van der Waals surface area contributed by atoms with Crippen molar-refractivity contribution in [3.63, 3.8) is 0 Å². The Kier molecular flexibility index (Phi) is 8.97. The molecule has 6 heteroatoms. The fraction of sp³-hybridized carbons (Fsp3) is 0.909. The Balaban J connectivity index is 3.36. The van der Waals surface area contributed by atoms with Crippen LogP contribution in [0.5, 0.6) is 0 Å². The van der Waals surface area contributed by atoms with E-state index >= 15 is 0 Å². The molecule has 0 fully saturated rings. The van der Waals surface area contributed by atoms with Gasteiger partial charge >= 0.3 is 5.97 Å². The first-order chi connectivity index (χ1) is 7.93. The van der Waals surface area contributed by atoms with Crippen molar-refractivity contribution in [3.05, 3.63) is 0 Å². The number of carboxylic acid groups (broad SMARTS) is 1. The van der Waals surface area contributed by atoms with Crippen LogP contribution in [0, 0.1) is 0 Å². The highest BCUT2D eigenvalue weighted by molar-refractivity contribution is 5.72. The number of aliphatic hydroxyl groups excluding tert-OH is 2. The van der Waals surface area contributed by atoms with E-state index in [2.05, 4.69) is 5.32 Å². The highest BCUT2D eigenvalue weighted by Gasteiger charge is 2.10. The summed E-state index contributed by atoms with van der Waals surface area (Å²) >= 11 is 0. The van der Waals surface area contributed by atoms with Gasteiger partial charge in [0, 0.05) is 0 Å². The van der Waals surface area contributed by atoms with E-state index in [1.165, 1.54) is 0 Å². The van der Waals surface area contributed by atoms with E-state index in [0.29, 0.717) is 32.2 Å². The molecule has 0 rings (SSSR count). The number of nitrogens with one attached hydrogen (secondary N) is 1. The van der Waals surface area contributed by atoms with Crippen LogP contribution in [-0.4, -0.2) is 46.2 Å². The first kappa shape index (κ1) is 16.3. The molecule has 102 valence electrons. The number of rotatable bonds is 10. The maximum Gasteiger partial charge on any atom is 0.320 e. The zero-order chi connectivity index (χ0) is 13.3. The highest BCUT2D eigenvalue weighted by Crippen LogP contribution is 2.01. The van der Waals surface area contributed by atoms with Gasteiger partial charge in [-0.3, -0.25) is 10.1 Å². The van der Waals surface area contributed by atoms with Crippen LogP contribution in [0.4, 0.5) is 0 Å². The monoisotopic (exact) mass is 248 g/mol. The van der Waals surface area contributed by atoms with Crippen LogP contribution in [0.3, 0.4) is 0 Å². The number of unbranched alkanes of at least 4 members (excludes halogenated alkanes) is 1. The van der Waals surface area contributed by atoms with Gasteiger partial charge in [0.05, 0.1) is 6.10 Å². The molecule has 0 amide bonds. The molecule has 0 aromatic rings. The summed E-state index contributed by atoms with van der Waals surface area (Å²) in [6.07, 6.45) is 1.97. The molecule has 0 saturated heterocycles. The van der Waals surface area contributed by atoms with Gasteiger partial charge in [-0.15, -0.1) is 0 Å². The summed E-state index contributed by atoms with van der Waals surface area (Å²) in [7, 11) is 0. The second kappa shape index (κ2) is 9.35. The van der Waals surface area contributed by atoms with Gasteiger partial charge in [-0.1, -0.05) is 6.42 Å². The smallest absolute Gasteiger partial charge is 0.320 e. The van der Waals surface area contributed by atoms with Crippen LogP contribution in [-0.2, 0) is 4.79 Å². The van der Waals surface area contributed by atoms with Gasteiger partial charge in [0.25, 0.3) is 0 Å². The molecule has 3 unspecified atom stereocenters. The van der Waals surface area contributed by atoms with Crippen LogP contribution in [0.2, 0.25) is 0 Å². The minimum absolute atomic E-state index is 0.403. The minimum atomic E-state index is -0.977. The lowest BCUT2D eigenvalue weighted by atomic mass is 10.1. The fourth-order valence-corrected chi connectivity index (χ4v) is 1.38. The van der Waals surface area contributed by atoms with Gasteiger partial charge in [0.15, 0.2) is 0 Å². The number of carboxylic acids is 1. The predicted molar refractivity (Wildman–Crippen MR) is 64.4 cm³/mol. The van der Waals surface area contributed by atoms with Crippen LogP contribution < -0.4 is 11.1 Å². The van der Waals surface area contributed by atoms with Gasteiger partial charge in [-0.2, -0.15) is 0 Å². The molecule has 6 N–H and O–H groups in total. The van der Waals surface area contributed by atoms with Crippen LogP contribution >= 0.6 is 0 Å². The Morgan fingerprint density at radius 3 is 2.41 bits per heavy atom. The standard InChI is InChI=1S/C11H24N2O4/c1-8(14)5-6-10(15)13-7-3-2-4-9(12)11(16)17/h8-10,13-15H,2-7,12H2,1H3,(H,16,17). The molecule has 0 aromatic heterocycles. The van der Waals surface area contributed by atoms with Crippen molar-refractivity contribution in [1.29, 1.82) is 0 Å². The molecule has 0 spiro atoms. The third-order valence-corrected chi connectivity index (χ3v) is 2.50. The van der Waals surface area contributed by atoms with E-state index in [9.17, 15) is 9.90 Å². The quantitative estimate of drug-likeness (QED) is 0.266. The third-order valence-electron chi connectivity index (χ3n) is 2.50. The summed E-state index contributed by atoms with van der Waals surface area (Å²) in [4.78, 5) is 10.4. The molecule has 6 nitrogen and oxygen atoms in total. The first-order valence-corrected chi connectivity index (χ1v) is 6.01. The Bertz CT molecular complexity index is 212. The van der Waals surface area contributed by atoms with Gasteiger partial charge < -0.3 is 21.1 Å². The fourth-order valence-electron chi connectivity index (χ4n) is 1.38. The van der Waals surface area contributed by atoms with E-state index in [0.717, 1.165) is 6.42 Å². The van der Waals surface area contributed by atoms with Gasteiger partial charge in [0.1, 0.15) is 12.3 Å². The van der Waals surface area contributed by atoms with E-state index in [1.807, 2.05) is 0 Å². The summed E-state index contributed by atoms with van der Waals surface area (Å²) in [5, 5.41) is 29.9. The highest BCUT2D eigenvalue weighted by atomic mass is 16.4. The van der Waals surface area contributed by atoms with Crippen molar-refractivity contribution in [2.75, 3.05) is 6.54 Å². The molecular weight excluding hydrogens is 224 g/mol. The van der Waals surface area contributed by atoms with Crippen LogP contribution in [0.1, 0.15) is 39.0 Å². The number of aliphatic hydroxyl groups is 2. The van der Waals surface area contributed by atoms with E-state index in [-0.39, 0.29) is 0 Å². The number of nitrogens with two attached hydrogens (primary N) is 1. The molecule has 0 bridgehead atoms. The average Bonchev–Trinajstić information content (AvgIpc) is 2.25. The van der Waals surface area contributed by atoms with Crippen molar-refractivity contribution >= 4 is 5.97 Å². The number of hydrogen-bond donors (Lipinski definition) is 5. The van der Waals surface area contributed by atoms with Crippen molar-refractivity contribution in [1.82, 2.24) is 5.32 Å². The molecule has 0 aliphatic carbocycles. The molecule has 0 heterocycles. The van der Waals surface area contributed by atoms with Crippen LogP contribution in [0.15, 0.2) is 0 Å². The van der Waals surface area contributed by atoms with E-state index in [1.54, 1.807) is 6.92 Å². The van der Waals surface area contributed by atoms with E-state index < -0.39 is 24.3 Å². The Morgan fingerprint density at radius 2 is 1.88 bits per heavy atom.